The third kappa shape index (κ3) is 4.46. The van der Waals surface area contributed by atoms with Gasteiger partial charge in [0.2, 0.25) is 5.91 Å². The number of amides is 1. The number of aliphatic hydroxyl groups is 1. The van der Waals surface area contributed by atoms with E-state index in [1.165, 1.54) is 12.1 Å². The van der Waals surface area contributed by atoms with Crippen LogP contribution in [-0.4, -0.2) is 43.1 Å². The number of benzene rings is 2. The van der Waals surface area contributed by atoms with Gasteiger partial charge in [-0.15, -0.1) is 0 Å². The first kappa shape index (κ1) is 23.3. The standard InChI is InChI=1S/C25H22FNO7S/c1-13-16(6-7-24(29)27-20-11-35(31,32)12-21(20)28)25(30)34-23-9-22-18(8-17(13)23)19(10-33-22)14-2-4-15(26)5-3-14/h2-5,8-10,20-21,28H,6-7,11-12H2,1H3,(H,27,29)/t20-,21-/m1/s1. The van der Waals surface area contributed by atoms with Gasteiger partial charge in [0.1, 0.15) is 17.0 Å². The molecule has 2 atom stereocenters. The molecule has 2 aromatic carbocycles. The molecular formula is C25H22FNO7S. The van der Waals surface area contributed by atoms with Crippen LogP contribution in [0.3, 0.4) is 0 Å². The normalized spacial score (nSPS) is 19.4. The van der Waals surface area contributed by atoms with Crippen molar-refractivity contribution in [3.05, 3.63) is 70.0 Å². The number of aliphatic hydroxyl groups excluding tert-OH is 1. The quantitative estimate of drug-likeness (QED) is 0.404. The molecule has 0 saturated carbocycles. The first-order valence-corrected chi connectivity index (χ1v) is 12.8. The molecule has 1 amide bonds. The van der Waals surface area contributed by atoms with Gasteiger partial charge in [0.05, 0.1) is 29.9 Å². The zero-order chi connectivity index (χ0) is 24.9. The van der Waals surface area contributed by atoms with Gasteiger partial charge in [-0.25, -0.2) is 17.6 Å². The maximum Gasteiger partial charge on any atom is 0.339 e. The van der Waals surface area contributed by atoms with Crippen LogP contribution < -0.4 is 10.9 Å². The highest BCUT2D eigenvalue weighted by Crippen LogP contribution is 2.34. The Bertz CT molecular complexity index is 1620. The van der Waals surface area contributed by atoms with Gasteiger partial charge in [-0.05, 0) is 42.7 Å². The van der Waals surface area contributed by atoms with Gasteiger partial charge in [0.25, 0.3) is 0 Å². The fourth-order valence-electron chi connectivity index (χ4n) is 4.54. The van der Waals surface area contributed by atoms with E-state index in [0.717, 1.165) is 16.5 Å². The summed E-state index contributed by atoms with van der Waals surface area (Å²) >= 11 is 0. The van der Waals surface area contributed by atoms with E-state index in [1.807, 2.05) is 6.07 Å². The second kappa shape index (κ2) is 8.62. The molecule has 0 bridgehead atoms. The van der Waals surface area contributed by atoms with Crippen LogP contribution in [0.2, 0.25) is 0 Å². The molecule has 2 aromatic heterocycles. The van der Waals surface area contributed by atoms with Gasteiger partial charge in [-0.1, -0.05) is 12.1 Å². The Kier molecular flexibility index (Phi) is 5.72. The van der Waals surface area contributed by atoms with Gasteiger partial charge < -0.3 is 19.3 Å². The van der Waals surface area contributed by atoms with Crippen LogP contribution in [0.15, 0.2) is 56.3 Å². The molecule has 2 N–H and O–H groups in total. The summed E-state index contributed by atoms with van der Waals surface area (Å²) in [5, 5.41) is 13.8. The largest absolute Gasteiger partial charge is 0.464 e. The van der Waals surface area contributed by atoms with Crippen molar-refractivity contribution in [3.63, 3.8) is 0 Å². The van der Waals surface area contributed by atoms with Crippen LogP contribution in [-0.2, 0) is 21.1 Å². The van der Waals surface area contributed by atoms with Crippen molar-refractivity contribution >= 4 is 37.7 Å². The molecule has 8 nitrogen and oxygen atoms in total. The molecule has 4 aromatic rings. The number of hydrogen-bond acceptors (Lipinski definition) is 7. The summed E-state index contributed by atoms with van der Waals surface area (Å²) in [6.45, 7) is 1.77. The van der Waals surface area contributed by atoms with Crippen LogP contribution in [0.5, 0.6) is 0 Å². The van der Waals surface area contributed by atoms with Crippen molar-refractivity contribution in [2.75, 3.05) is 11.5 Å². The Morgan fingerprint density at radius 3 is 2.57 bits per heavy atom. The van der Waals surface area contributed by atoms with E-state index in [1.54, 1.807) is 31.4 Å². The smallest absolute Gasteiger partial charge is 0.339 e. The molecule has 0 spiro atoms. The number of carbonyl (C=O) groups is 1. The van der Waals surface area contributed by atoms with Crippen molar-refractivity contribution in [2.45, 2.75) is 31.9 Å². The molecule has 182 valence electrons. The van der Waals surface area contributed by atoms with E-state index in [2.05, 4.69) is 5.32 Å². The van der Waals surface area contributed by atoms with Crippen molar-refractivity contribution in [1.82, 2.24) is 5.32 Å². The van der Waals surface area contributed by atoms with Gasteiger partial charge in [-0.2, -0.15) is 0 Å². The number of aryl methyl sites for hydroxylation is 1. The molecule has 1 aliphatic heterocycles. The lowest BCUT2D eigenvalue weighted by molar-refractivity contribution is -0.122. The Labute approximate surface area is 199 Å². The lowest BCUT2D eigenvalue weighted by atomic mass is 9.99. The Morgan fingerprint density at radius 2 is 1.89 bits per heavy atom. The monoisotopic (exact) mass is 499 g/mol. The lowest BCUT2D eigenvalue weighted by Gasteiger charge is -2.15. The molecule has 0 aliphatic carbocycles. The number of sulfone groups is 1. The van der Waals surface area contributed by atoms with Crippen LogP contribution >= 0.6 is 0 Å². The highest BCUT2D eigenvalue weighted by Gasteiger charge is 2.37. The summed E-state index contributed by atoms with van der Waals surface area (Å²) in [5.74, 6) is -1.50. The minimum Gasteiger partial charge on any atom is -0.464 e. The molecule has 1 aliphatic rings. The van der Waals surface area contributed by atoms with Crippen LogP contribution in [0.25, 0.3) is 33.1 Å². The number of furan rings is 1. The fraction of sp³-hybridized carbons (Fsp3) is 0.280. The van der Waals surface area contributed by atoms with Crippen LogP contribution in [0.4, 0.5) is 4.39 Å². The van der Waals surface area contributed by atoms with Gasteiger partial charge >= 0.3 is 5.63 Å². The van der Waals surface area contributed by atoms with Crippen molar-refractivity contribution in [2.24, 2.45) is 0 Å². The predicted octanol–water partition coefficient (Wildman–Crippen LogP) is 2.86. The molecule has 0 radical (unpaired) electrons. The Morgan fingerprint density at radius 1 is 1.14 bits per heavy atom. The third-order valence-electron chi connectivity index (χ3n) is 6.41. The molecule has 35 heavy (non-hydrogen) atoms. The van der Waals surface area contributed by atoms with E-state index in [-0.39, 0.29) is 30.2 Å². The van der Waals surface area contributed by atoms with E-state index in [0.29, 0.717) is 27.7 Å². The number of carbonyl (C=O) groups excluding carboxylic acids is 1. The molecule has 1 saturated heterocycles. The van der Waals surface area contributed by atoms with Crippen LogP contribution in [0, 0.1) is 12.7 Å². The second-order valence-electron chi connectivity index (χ2n) is 8.81. The molecule has 5 rings (SSSR count). The minimum absolute atomic E-state index is 0.0742. The summed E-state index contributed by atoms with van der Waals surface area (Å²) in [6.07, 6.45) is 0.422. The first-order valence-electron chi connectivity index (χ1n) is 11.0. The zero-order valence-corrected chi connectivity index (χ0v) is 19.5. The van der Waals surface area contributed by atoms with Crippen molar-refractivity contribution in [3.8, 4) is 11.1 Å². The number of fused-ring (bicyclic) bond motifs is 2. The van der Waals surface area contributed by atoms with Crippen molar-refractivity contribution < 1.29 is 31.5 Å². The van der Waals surface area contributed by atoms with E-state index < -0.39 is 33.5 Å². The van der Waals surface area contributed by atoms with E-state index >= 15 is 0 Å². The fourth-order valence-corrected chi connectivity index (χ4v) is 6.28. The second-order valence-corrected chi connectivity index (χ2v) is 11.0. The topological polar surface area (TPSA) is 127 Å². The summed E-state index contributed by atoms with van der Waals surface area (Å²) in [4.78, 5) is 25.1. The molecular weight excluding hydrogens is 477 g/mol. The molecule has 10 heteroatoms. The van der Waals surface area contributed by atoms with Gasteiger partial charge in [0.15, 0.2) is 9.84 Å². The maximum absolute atomic E-state index is 13.3. The minimum atomic E-state index is -3.39. The summed E-state index contributed by atoms with van der Waals surface area (Å²) in [7, 11) is -3.39. The number of rotatable bonds is 5. The number of hydrogen-bond donors (Lipinski definition) is 2. The number of halogens is 1. The predicted molar refractivity (Wildman–Crippen MR) is 127 cm³/mol. The maximum atomic E-state index is 13.3. The average Bonchev–Trinajstić information content (AvgIpc) is 3.31. The Hall–Kier alpha value is -3.50. The average molecular weight is 500 g/mol. The Balaban J connectivity index is 1.43. The highest BCUT2D eigenvalue weighted by atomic mass is 32.2. The van der Waals surface area contributed by atoms with Gasteiger partial charge in [0, 0.05) is 34.4 Å². The SMILES string of the molecule is Cc1c(CCC(=O)N[C@@H]2CS(=O)(=O)C[C@H]2O)c(=O)oc2cc3occ(-c4ccc(F)cc4)c3cc12. The lowest BCUT2D eigenvalue weighted by Crippen LogP contribution is -2.42. The summed E-state index contributed by atoms with van der Waals surface area (Å²) < 4.78 is 47.8. The highest BCUT2D eigenvalue weighted by molar-refractivity contribution is 7.91. The first-order chi connectivity index (χ1) is 16.6. The third-order valence-corrected chi connectivity index (χ3v) is 8.12. The molecule has 0 unspecified atom stereocenters. The summed E-state index contributed by atoms with van der Waals surface area (Å²) in [5.41, 5.74) is 2.80. The molecule has 3 heterocycles. The van der Waals surface area contributed by atoms with E-state index in [4.69, 9.17) is 8.83 Å². The van der Waals surface area contributed by atoms with Gasteiger partial charge in [-0.3, -0.25) is 4.79 Å². The zero-order valence-electron chi connectivity index (χ0n) is 18.7. The number of nitrogens with one attached hydrogen (secondary N) is 1. The summed E-state index contributed by atoms with van der Waals surface area (Å²) in [6, 6.07) is 8.64. The van der Waals surface area contributed by atoms with E-state index in [9.17, 15) is 27.5 Å². The van der Waals surface area contributed by atoms with Crippen LogP contribution in [0.1, 0.15) is 17.5 Å². The van der Waals surface area contributed by atoms with Crippen molar-refractivity contribution in [1.29, 1.82) is 0 Å². The molecule has 1 fully saturated rings.